The largest absolute Gasteiger partial charge is 0.330 e. The highest BCUT2D eigenvalue weighted by Gasteiger charge is 2.04. The van der Waals surface area contributed by atoms with Gasteiger partial charge in [-0.05, 0) is 43.1 Å². The number of nitrogens with zero attached hydrogens (tertiary/aromatic N) is 1. The smallest absolute Gasteiger partial charge is 0.0706 e. The lowest BCUT2D eigenvalue weighted by molar-refractivity contribution is 0.585. The number of halogens is 1. The van der Waals surface area contributed by atoms with Gasteiger partial charge < -0.3 is 5.73 Å². The molecule has 1 heterocycles. The van der Waals surface area contributed by atoms with Crippen molar-refractivity contribution in [3.05, 3.63) is 41.0 Å². The van der Waals surface area contributed by atoms with Crippen LogP contribution in [0.25, 0.3) is 10.9 Å². The Balaban J connectivity index is 2.33. The second kappa shape index (κ2) is 4.81. The van der Waals surface area contributed by atoms with Gasteiger partial charge in [0.15, 0.2) is 0 Å². The molecule has 0 aliphatic carbocycles. The summed E-state index contributed by atoms with van der Waals surface area (Å²) in [7, 11) is 0. The fraction of sp³-hybridized carbons (Fsp3) is 0.308. The van der Waals surface area contributed by atoms with Gasteiger partial charge in [-0.3, -0.25) is 4.98 Å². The van der Waals surface area contributed by atoms with Crippen LogP contribution in [0.2, 0.25) is 5.02 Å². The van der Waals surface area contributed by atoms with Crippen molar-refractivity contribution in [2.45, 2.75) is 13.3 Å². The molecule has 1 aromatic carbocycles. The van der Waals surface area contributed by atoms with Gasteiger partial charge >= 0.3 is 0 Å². The number of hydrogen-bond donors (Lipinski definition) is 1. The van der Waals surface area contributed by atoms with Crippen LogP contribution >= 0.6 is 11.6 Å². The molecule has 0 spiro atoms. The van der Waals surface area contributed by atoms with Crippen molar-refractivity contribution in [3.63, 3.8) is 0 Å². The Morgan fingerprint density at radius 1 is 1.31 bits per heavy atom. The third-order valence-electron chi connectivity index (χ3n) is 2.67. The minimum Gasteiger partial charge on any atom is -0.330 e. The van der Waals surface area contributed by atoms with E-state index in [1.165, 1.54) is 0 Å². The summed E-state index contributed by atoms with van der Waals surface area (Å²) in [4.78, 5) is 4.59. The standard InChI is InChI=1S/C13H15ClN2/c1-9(8-15)6-12-4-2-10-7-11(14)3-5-13(10)16-12/h2-5,7,9H,6,8,15H2,1H3. The number of benzene rings is 1. The normalized spacial score (nSPS) is 12.9. The third-order valence-corrected chi connectivity index (χ3v) is 2.90. The van der Waals surface area contributed by atoms with E-state index in [1.54, 1.807) is 0 Å². The fourth-order valence-electron chi connectivity index (χ4n) is 1.69. The van der Waals surface area contributed by atoms with Crippen LogP contribution in [-0.4, -0.2) is 11.5 Å². The maximum atomic E-state index is 5.92. The van der Waals surface area contributed by atoms with E-state index in [4.69, 9.17) is 17.3 Å². The maximum absolute atomic E-state index is 5.92. The Morgan fingerprint density at radius 3 is 2.88 bits per heavy atom. The molecule has 16 heavy (non-hydrogen) atoms. The highest BCUT2D eigenvalue weighted by atomic mass is 35.5. The van der Waals surface area contributed by atoms with E-state index in [0.29, 0.717) is 12.5 Å². The zero-order chi connectivity index (χ0) is 11.5. The molecule has 3 heteroatoms. The van der Waals surface area contributed by atoms with Crippen molar-refractivity contribution in [1.29, 1.82) is 0 Å². The van der Waals surface area contributed by atoms with Crippen molar-refractivity contribution in [1.82, 2.24) is 4.98 Å². The molecule has 1 unspecified atom stereocenters. The lowest BCUT2D eigenvalue weighted by Gasteiger charge is -2.08. The zero-order valence-electron chi connectivity index (χ0n) is 9.28. The molecular weight excluding hydrogens is 220 g/mol. The lowest BCUT2D eigenvalue weighted by atomic mass is 10.0. The van der Waals surface area contributed by atoms with Crippen molar-refractivity contribution < 1.29 is 0 Å². The van der Waals surface area contributed by atoms with E-state index in [9.17, 15) is 0 Å². The van der Waals surface area contributed by atoms with Crippen molar-refractivity contribution in [2.24, 2.45) is 11.7 Å². The molecule has 0 aliphatic rings. The minimum atomic E-state index is 0.470. The quantitative estimate of drug-likeness (QED) is 0.887. The molecule has 2 aromatic rings. The Morgan fingerprint density at radius 2 is 2.12 bits per heavy atom. The molecule has 1 aromatic heterocycles. The number of pyridine rings is 1. The minimum absolute atomic E-state index is 0.470. The van der Waals surface area contributed by atoms with Gasteiger partial charge in [-0.1, -0.05) is 24.6 Å². The number of hydrogen-bond acceptors (Lipinski definition) is 2. The van der Waals surface area contributed by atoms with Crippen molar-refractivity contribution >= 4 is 22.5 Å². The summed E-state index contributed by atoms with van der Waals surface area (Å²) in [6, 6.07) is 9.86. The summed E-state index contributed by atoms with van der Waals surface area (Å²) in [5, 5.41) is 1.83. The number of nitrogens with two attached hydrogens (primary N) is 1. The number of fused-ring (bicyclic) bond motifs is 1. The van der Waals surface area contributed by atoms with Crippen LogP contribution < -0.4 is 5.73 Å². The molecular formula is C13H15ClN2. The third kappa shape index (κ3) is 2.52. The van der Waals surface area contributed by atoms with Gasteiger partial charge in [0, 0.05) is 16.1 Å². The Bertz CT molecular complexity index is 496. The van der Waals surface area contributed by atoms with E-state index in [2.05, 4.69) is 18.0 Å². The predicted molar refractivity (Wildman–Crippen MR) is 68.7 cm³/mol. The molecule has 1 atom stereocenters. The van der Waals surface area contributed by atoms with Gasteiger partial charge in [0.2, 0.25) is 0 Å². The molecule has 2 rings (SSSR count). The summed E-state index contributed by atoms with van der Waals surface area (Å²) in [5.41, 5.74) is 7.69. The van der Waals surface area contributed by atoms with Crippen LogP contribution in [0.15, 0.2) is 30.3 Å². The monoisotopic (exact) mass is 234 g/mol. The Kier molecular flexibility index (Phi) is 3.42. The average molecular weight is 235 g/mol. The van der Waals surface area contributed by atoms with E-state index >= 15 is 0 Å². The zero-order valence-corrected chi connectivity index (χ0v) is 10.0. The topological polar surface area (TPSA) is 38.9 Å². The average Bonchev–Trinajstić information content (AvgIpc) is 2.29. The summed E-state index contributed by atoms with van der Waals surface area (Å²) in [5.74, 6) is 0.470. The van der Waals surface area contributed by atoms with Crippen molar-refractivity contribution in [3.8, 4) is 0 Å². The van der Waals surface area contributed by atoms with Crippen LogP contribution in [0.4, 0.5) is 0 Å². The molecule has 0 aliphatic heterocycles. The summed E-state index contributed by atoms with van der Waals surface area (Å²) in [6.07, 6.45) is 0.926. The summed E-state index contributed by atoms with van der Waals surface area (Å²) in [6.45, 7) is 2.83. The Hall–Kier alpha value is -1.12. The molecule has 0 radical (unpaired) electrons. The summed E-state index contributed by atoms with van der Waals surface area (Å²) >= 11 is 5.92. The molecule has 0 bridgehead atoms. The van der Waals surface area contributed by atoms with Crippen LogP contribution in [0.5, 0.6) is 0 Å². The molecule has 0 amide bonds. The highest BCUT2D eigenvalue weighted by Crippen LogP contribution is 2.18. The predicted octanol–water partition coefficient (Wildman–Crippen LogP) is 3.03. The van der Waals surface area contributed by atoms with E-state index < -0.39 is 0 Å². The molecule has 84 valence electrons. The van der Waals surface area contributed by atoms with Crippen LogP contribution in [0.1, 0.15) is 12.6 Å². The number of aromatic nitrogens is 1. The van der Waals surface area contributed by atoms with E-state index in [1.807, 2.05) is 24.3 Å². The second-order valence-corrected chi connectivity index (χ2v) is 4.62. The first-order valence-corrected chi connectivity index (χ1v) is 5.82. The first-order valence-electron chi connectivity index (χ1n) is 5.44. The SMILES string of the molecule is CC(CN)Cc1ccc2cc(Cl)ccc2n1. The van der Waals surface area contributed by atoms with Crippen LogP contribution in [0, 0.1) is 5.92 Å². The van der Waals surface area contributed by atoms with Gasteiger partial charge in [0.25, 0.3) is 0 Å². The van der Waals surface area contributed by atoms with Crippen LogP contribution in [-0.2, 0) is 6.42 Å². The van der Waals surface area contributed by atoms with E-state index in [-0.39, 0.29) is 0 Å². The first kappa shape index (κ1) is 11.4. The molecule has 0 fully saturated rings. The highest BCUT2D eigenvalue weighted by molar-refractivity contribution is 6.31. The maximum Gasteiger partial charge on any atom is 0.0706 e. The molecule has 2 N–H and O–H groups in total. The summed E-state index contributed by atoms with van der Waals surface area (Å²) < 4.78 is 0. The molecule has 0 saturated carbocycles. The second-order valence-electron chi connectivity index (χ2n) is 4.18. The lowest BCUT2D eigenvalue weighted by Crippen LogP contribution is -2.13. The first-order chi connectivity index (χ1) is 7.69. The van der Waals surface area contributed by atoms with Gasteiger partial charge in [-0.25, -0.2) is 0 Å². The number of rotatable bonds is 3. The Labute approximate surface area is 100 Å². The van der Waals surface area contributed by atoms with Crippen molar-refractivity contribution in [2.75, 3.05) is 6.54 Å². The van der Waals surface area contributed by atoms with Gasteiger partial charge in [-0.15, -0.1) is 0 Å². The van der Waals surface area contributed by atoms with Crippen LogP contribution in [0.3, 0.4) is 0 Å². The van der Waals surface area contributed by atoms with Gasteiger partial charge in [-0.2, -0.15) is 0 Å². The van der Waals surface area contributed by atoms with Gasteiger partial charge in [0.1, 0.15) is 0 Å². The van der Waals surface area contributed by atoms with Gasteiger partial charge in [0.05, 0.1) is 5.52 Å². The van der Waals surface area contributed by atoms with E-state index in [0.717, 1.165) is 28.0 Å². The fourth-order valence-corrected chi connectivity index (χ4v) is 1.87. The molecule has 0 saturated heterocycles. The molecule has 2 nitrogen and oxygen atoms in total.